The fraction of sp³-hybridized carbons (Fsp3) is 0.533. The molecule has 1 aromatic carbocycles. The molecule has 0 aliphatic carbocycles. The molecule has 0 aliphatic heterocycles. The number of anilines is 1. The van der Waals surface area contributed by atoms with Gasteiger partial charge in [-0.2, -0.15) is 0 Å². The molecule has 0 atom stereocenters. The zero-order chi connectivity index (χ0) is 15.1. The van der Waals surface area contributed by atoms with Crippen LogP contribution in [-0.4, -0.2) is 56.0 Å². The molecule has 0 heterocycles. The van der Waals surface area contributed by atoms with Gasteiger partial charge >= 0.3 is 0 Å². The molecule has 2 N–H and O–H groups in total. The molecule has 0 saturated heterocycles. The first-order valence-corrected chi connectivity index (χ1v) is 6.95. The summed E-state index contributed by atoms with van der Waals surface area (Å²) in [6.45, 7) is 7.63. The van der Waals surface area contributed by atoms with Crippen LogP contribution >= 0.6 is 0 Å². The standard InChI is InChI=1S/C15H25N3O2/c1-5-18(6-2)9-10-20-14-11-12(7-8-13(14)16)15(19)17(3)4/h7-8,11H,5-6,9-10,16H2,1-4H3. The second-order valence-electron chi connectivity index (χ2n) is 4.83. The van der Waals surface area contributed by atoms with Crippen molar-refractivity contribution in [2.24, 2.45) is 0 Å². The fourth-order valence-electron chi connectivity index (χ4n) is 1.88. The van der Waals surface area contributed by atoms with E-state index in [2.05, 4.69) is 18.7 Å². The van der Waals surface area contributed by atoms with Crippen LogP contribution in [0.5, 0.6) is 5.75 Å². The van der Waals surface area contributed by atoms with E-state index in [4.69, 9.17) is 10.5 Å². The number of nitrogen functional groups attached to an aromatic ring is 1. The van der Waals surface area contributed by atoms with Crippen LogP contribution < -0.4 is 10.5 Å². The van der Waals surface area contributed by atoms with Crippen LogP contribution in [0.25, 0.3) is 0 Å². The zero-order valence-corrected chi connectivity index (χ0v) is 12.8. The molecule has 0 unspecified atom stereocenters. The predicted octanol–water partition coefficient (Wildman–Crippen LogP) is 1.69. The molecule has 1 rings (SSSR count). The van der Waals surface area contributed by atoms with E-state index in [1.165, 1.54) is 4.90 Å². The Morgan fingerprint density at radius 1 is 1.25 bits per heavy atom. The van der Waals surface area contributed by atoms with Gasteiger partial charge < -0.3 is 20.3 Å². The Kier molecular flexibility index (Phi) is 6.31. The van der Waals surface area contributed by atoms with Gasteiger partial charge in [-0.05, 0) is 31.3 Å². The van der Waals surface area contributed by atoms with Gasteiger partial charge in [-0.25, -0.2) is 0 Å². The molecule has 1 amide bonds. The second kappa shape index (κ2) is 7.75. The number of nitrogens with two attached hydrogens (primary N) is 1. The Morgan fingerprint density at radius 2 is 1.90 bits per heavy atom. The molecular formula is C15H25N3O2. The smallest absolute Gasteiger partial charge is 0.253 e. The SMILES string of the molecule is CCN(CC)CCOc1cc(C(=O)N(C)C)ccc1N. The molecule has 0 radical (unpaired) electrons. The van der Waals surface area contributed by atoms with Crippen LogP contribution in [-0.2, 0) is 0 Å². The summed E-state index contributed by atoms with van der Waals surface area (Å²) in [5, 5.41) is 0. The number of likely N-dealkylation sites (N-methyl/N-ethyl adjacent to an activating group) is 1. The molecule has 1 aromatic rings. The predicted molar refractivity (Wildman–Crippen MR) is 82.2 cm³/mol. The summed E-state index contributed by atoms with van der Waals surface area (Å²) in [4.78, 5) is 15.7. The average Bonchev–Trinajstić information content (AvgIpc) is 2.44. The monoisotopic (exact) mass is 279 g/mol. The van der Waals surface area contributed by atoms with Crippen LogP contribution in [0.4, 0.5) is 5.69 Å². The van der Waals surface area contributed by atoms with Gasteiger partial charge in [0.05, 0.1) is 5.69 Å². The zero-order valence-electron chi connectivity index (χ0n) is 12.8. The van der Waals surface area contributed by atoms with E-state index in [0.29, 0.717) is 23.6 Å². The minimum atomic E-state index is -0.0569. The Labute approximate surface area is 121 Å². The maximum Gasteiger partial charge on any atom is 0.253 e. The van der Waals surface area contributed by atoms with Crippen molar-refractivity contribution < 1.29 is 9.53 Å². The van der Waals surface area contributed by atoms with Crippen LogP contribution in [0.1, 0.15) is 24.2 Å². The summed E-state index contributed by atoms with van der Waals surface area (Å²) in [5.74, 6) is 0.517. The fourth-order valence-corrected chi connectivity index (χ4v) is 1.88. The van der Waals surface area contributed by atoms with Gasteiger partial charge in [-0.3, -0.25) is 4.79 Å². The normalized spacial score (nSPS) is 10.7. The maximum atomic E-state index is 11.9. The summed E-state index contributed by atoms with van der Waals surface area (Å²) >= 11 is 0. The molecule has 0 spiro atoms. The minimum Gasteiger partial charge on any atom is -0.490 e. The number of rotatable bonds is 7. The van der Waals surface area contributed by atoms with E-state index in [1.807, 2.05) is 0 Å². The first-order chi connectivity index (χ1) is 9.49. The number of benzene rings is 1. The lowest BCUT2D eigenvalue weighted by Crippen LogP contribution is -2.28. The molecule has 0 fully saturated rings. The first-order valence-electron chi connectivity index (χ1n) is 6.95. The first kappa shape index (κ1) is 16.3. The molecule has 112 valence electrons. The number of hydrogen-bond acceptors (Lipinski definition) is 4. The van der Waals surface area contributed by atoms with E-state index in [9.17, 15) is 4.79 Å². The van der Waals surface area contributed by atoms with Crippen molar-refractivity contribution in [3.63, 3.8) is 0 Å². The van der Waals surface area contributed by atoms with Gasteiger partial charge in [-0.1, -0.05) is 13.8 Å². The number of carbonyl (C=O) groups excluding carboxylic acids is 1. The van der Waals surface area contributed by atoms with Crippen LogP contribution in [0.15, 0.2) is 18.2 Å². The van der Waals surface area contributed by atoms with E-state index in [-0.39, 0.29) is 5.91 Å². The van der Waals surface area contributed by atoms with Crippen molar-refractivity contribution >= 4 is 11.6 Å². The van der Waals surface area contributed by atoms with Crippen molar-refractivity contribution in [3.8, 4) is 5.75 Å². The van der Waals surface area contributed by atoms with Gasteiger partial charge in [0, 0.05) is 26.2 Å². The van der Waals surface area contributed by atoms with Crippen LogP contribution in [0.3, 0.4) is 0 Å². The highest BCUT2D eigenvalue weighted by molar-refractivity contribution is 5.94. The topological polar surface area (TPSA) is 58.8 Å². The van der Waals surface area contributed by atoms with Gasteiger partial charge in [0.15, 0.2) is 0 Å². The highest BCUT2D eigenvalue weighted by Gasteiger charge is 2.11. The summed E-state index contributed by atoms with van der Waals surface area (Å²) in [7, 11) is 3.44. The molecule has 5 nitrogen and oxygen atoms in total. The van der Waals surface area contributed by atoms with Gasteiger partial charge in [0.1, 0.15) is 12.4 Å². The summed E-state index contributed by atoms with van der Waals surface area (Å²) in [6, 6.07) is 5.14. The lowest BCUT2D eigenvalue weighted by atomic mass is 10.1. The van der Waals surface area contributed by atoms with Gasteiger partial charge in [0.2, 0.25) is 0 Å². The van der Waals surface area contributed by atoms with Crippen molar-refractivity contribution in [2.75, 3.05) is 46.1 Å². The third-order valence-corrected chi connectivity index (χ3v) is 3.23. The number of nitrogens with zero attached hydrogens (tertiary/aromatic N) is 2. The van der Waals surface area contributed by atoms with E-state index >= 15 is 0 Å². The number of amides is 1. The highest BCUT2D eigenvalue weighted by Crippen LogP contribution is 2.23. The Morgan fingerprint density at radius 3 is 2.45 bits per heavy atom. The lowest BCUT2D eigenvalue weighted by Gasteiger charge is -2.19. The average molecular weight is 279 g/mol. The Bertz CT molecular complexity index is 443. The van der Waals surface area contributed by atoms with Crippen molar-refractivity contribution in [2.45, 2.75) is 13.8 Å². The molecule has 0 aromatic heterocycles. The van der Waals surface area contributed by atoms with Gasteiger partial charge in [-0.15, -0.1) is 0 Å². The molecule has 0 aliphatic rings. The third kappa shape index (κ3) is 4.42. The van der Waals surface area contributed by atoms with E-state index < -0.39 is 0 Å². The number of hydrogen-bond donors (Lipinski definition) is 1. The lowest BCUT2D eigenvalue weighted by molar-refractivity contribution is 0.0827. The van der Waals surface area contributed by atoms with Gasteiger partial charge in [0.25, 0.3) is 5.91 Å². The highest BCUT2D eigenvalue weighted by atomic mass is 16.5. The summed E-state index contributed by atoms with van der Waals surface area (Å²) < 4.78 is 5.70. The van der Waals surface area contributed by atoms with Crippen molar-refractivity contribution in [1.82, 2.24) is 9.80 Å². The number of carbonyl (C=O) groups is 1. The number of ether oxygens (including phenoxy) is 1. The second-order valence-corrected chi connectivity index (χ2v) is 4.83. The van der Waals surface area contributed by atoms with Crippen LogP contribution in [0.2, 0.25) is 0 Å². The van der Waals surface area contributed by atoms with Crippen LogP contribution in [0, 0.1) is 0 Å². The van der Waals surface area contributed by atoms with E-state index in [0.717, 1.165) is 19.6 Å². The summed E-state index contributed by atoms with van der Waals surface area (Å²) in [5.41, 5.74) is 7.02. The third-order valence-electron chi connectivity index (χ3n) is 3.23. The Hall–Kier alpha value is -1.75. The molecule has 0 saturated carbocycles. The quantitative estimate of drug-likeness (QED) is 0.772. The largest absolute Gasteiger partial charge is 0.490 e. The van der Waals surface area contributed by atoms with Crippen molar-refractivity contribution in [1.29, 1.82) is 0 Å². The molecule has 20 heavy (non-hydrogen) atoms. The maximum absolute atomic E-state index is 11.9. The minimum absolute atomic E-state index is 0.0569. The summed E-state index contributed by atoms with van der Waals surface area (Å²) in [6.07, 6.45) is 0. The molecular weight excluding hydrogens is 254 g/mol. The van der Waals surface area contributed by atoms with Crippen molar-refractivity contribution in [3.05, 3.63) is 23.8 Å². The Balaban J connectivity index is 2.70. The molecule has 5 heteroatoms. The van der Waals surface area contributed by atoms with E-state index in [1.54, 1.807) is 32.3 Å². The molecule has 0 bridgehead atoms.